The predicted octanol–water partition coefficient (Wildman–Crippen LogP) is 4.44. The zero-order valence-electron chi connectivity index (χ0n) is 15.9. The number of carbonyl (C=O) groups excluding carboxylic acids is 1. The van der Waals surface area contributed by atoms with E-state index in [0.29, 0.717) is 18.2 Å². The van der Waals surface area contributed by atoms with E-state index in [1.54, 1.807) is 19.4 Å². The second-order valence-electron chi connectivity index (χ2n) is 6.24. The largest absolute Gasteiger partial charge is 0.497 e. The first-order valence-electron chi connectivity index (χ1n) is 9.00. The van der Waals surface area contributed by atoms with Crippen LogP contribution in [0.15, 0.2) is 72.9 Å². The van der Waals surface area contributed by atoms with Gasteiger partial charge in [0.2, 0.25) is 5.88 Å². The Bertz CT molecular complexity index is 898. The third kappa shape index (κ3) is 5.48. The van der Waals surface area contributed by atoms with Crippen molar-refractivity contribution < 1.29 is 14.3 Å². The van der Waals surface area contributed by atoms with Crippen LogP contribution in [-0.4, -0.2) is 18.1 Å². The maximum Gasteiger partial charge on any atom is 0.315 e. The summed E-state index contributed by atoms with van der Waals surface area (Å²) in [6, 6.07) is 20.4. The number of benzene rings is 2. The van der Waals surface area contributed by atoms with Gasteiger partial charge in [0.1, 0.15) is 11.5 Å². The van der Waals surface area contributed by atoms with Crippen molar-refractivity contribution in [3.8, 4) is 17.4 Å². The minimum atomic E-state index is -0.231. The lowest BCUT2D eigenvalue weighted by Crippen LogP contribution is -2.36. The van der Waals surface area contributed by atoms with Crippen molar-refractivity contribution >= 4 is 6.03 Å². The summed E-state index contributed by atoms with van der Waals surface area (Å²) in [5.41, 5.74) is 1.94. The highest BCUT2D eigenvalue weighted by Gasteiger charge is 2.09. The third-order valence-corrected chi connectivity index (χ3v) is 4.18. The van der Waals surface area contributed by atoms with Crippen molar-refractivity contribution in [1.29, 1.82) is 0 Å². The van der Waals surface area contributed by atoms with Gasteiger partial charge in [0.25, 0.3) is 0 Å². The minimum absolute atomic E-state index is 0.0763. The van der Waals surface area contributed by atoms with Gasteiger partial charge in [-0.25, -0.2) is 9.78 Å². The number of methoxy groups -OCH3 is 1. The molecule has 1 aromatic heterocycles. The van der Waals surface area contributed by atoms with Crippen LogP contribution in [0, 0.1) is 0 Å². The number of hydrogen-bond donors (Lipinski definition) is 2. The van der Waals surface area contributed by atoms with Crippen molar-refractivity contribution in [2.75, 3.05) is 7.11 Å². The van der Waals surface area contributed by atoms with E-state index in [2.05, 4.69) is 15.6 Å². The van der Waals surface area contributed by atoms with Crippen molar-refractivity contribution in [2.24, 2.45) is 0 Å². The van der Waals surface area contributed by atoms with Gasteiger partial charge in [0.15, 0.2) is 0 Å². The fourth-order valence-corrected chi connectivity index (χ4v) is 2.64. The fraction of sp³-hybridized carbons (Fsp3) is 0.182. The first kappa shape index (κ1) is 19.2. The summed E-state index contributed by atoms with van der Waals surface area (Å²) in [6.07, 6.45) is 1.65. The highest BCUT2D eigenvalue weighted by Crippen LogP contribution is 2.22. The van der Waals surface area contributed by atoms with Crippen LogP contribution in [0.25, 0.3) is 0 Å². The van der Waals surface area contributed by atoms with Gasteiger partial charge in [-0.3, -0.25) is 0 Å². The molecule has 3 aromatic rings. The lowest BCUT2D eigenvalue weighted by Gasteiger charge is -2.15. The Balaban J connectivity index is 1.53. The number of carbonyl (C=O) groups is 1. The van der Waals surface area contributed by atoms with E-state index < -0.39 is 0 Å². The third-order valence-electron chi connectivity index (χ3n) is 4.18. The van der Waals surface area contributed by atoms with Crippen LogP contribution in [0.1, 0.15) is 24.1 Å². The number of amides is 2. The smallest absolute Gasteiger partial charge is 0.315 e. The summed E-state index contributed by atoms with van der Waals surface area (Å²) in [6.45, 7) is 2.32. The highest BCUT2D eigenvalue weighted by atomic mass is 16.5. The number of nitrogens with zero attached hydrogens (tertiary/aromatic N) is 1. The van der Waals surface area contributed by atoms with Crippen LogP contribution in [0.4, 0.5) is 4.79 Å². The van der Waals surface area contributed by atoms with Crippen LogP contribution in [0.3, 0.4) is 0 Å². The van der Waals surface area contributed by atoms with Crippen LogP contribution >= 0.6 is 0 Å². The molecule has 2 N–H and O–H groups in total. The summed E-state index contributed by atoms with van der Waals surface area (Å²) in [7, 11) is 1.62. The molecule has 0 saturated carbocycles. The molecule has 28 heavy (non-hydrogen) atoms. The lowest BCUT2D eigenvalue weighted by molar-refractivity contribution is 0.237. The Morgan fingerprint density at radius 1 is 1.04 bits per heavy atom. The molecular formula is C22H23N3O3. The summed E-state index contributed by atoms with van der Waals surface area (Å²) in [4.78, 5) is 16.4. The Hall–Kier alpha value is -3.54. The molecule has 0 aliphatic heterocycles. The van der Waals surface area contributed by atoms with E-state index in [9.17, 15) is 4.79 Å². The molecule has 0 spiro atoms. The molecule has 0 aliphatic rings. The van der Waals surface area contributed by atoms with Crippen LogP contribution in [0.5, 0.6) is 17.4 Å². The molecular weight excluding hydrogens is 354 g/mol. The van der Waals surface area contributed by atoms with Crippen molar-refractivity contribution in [2.45, 2.75) is 19.5 Å². The SMILES string of the molecule is COc1ccc(Oc2cc(CNC(=O)NC(C)c3ccccc3)ccn2)cc1. The van der Waals surface area contributed by atoms with Crippen molar-refractivity contribution in [3.05, 3.63) is 84.1 Å². The average Bonchev–Trinajstić information content (AvgIpc) is 2.74. The Morgan fingerprint density at radius 2 is 1.75 bits per heavy atom. The number of pyridine rings is 1. The van der Waals surface area contributed by atoms with Gasteiger partial charge in [-0.15, -0.1) is 0 Å². The van der Waals surface area contributed by atoms with Gasteiger partial charge in [-0.05, 0) is 48.4 Å². The van der Waals surface area contributed by atoms with Gasteiger partial charge >= 0.3 is 6.03 Å². The van der Waals surface area contributed by atoms with E-state index in [-0.39, 0.29) is 12.1 Å². The van der Waals surface area contributed by atoms with E-state index in [0.717, 1.165) is 16.9 Å². The lowest BCUT2D eigenvalue weighted by atomic mass is 10.1. The molecule has 1 heterocycles. The molecule has 6 nitrogen and oxygen atoms in total. The molecule has 3 rings (SSSR count). The Kier molecular flexibility index (Phi) is 6.46. The fourth-order valence-electron chi connectivity index (χ4n) is 2.64. The predicted molar refractivity (Wildman–Crippen MR) is 108 cm³/mol. The van der Waals surface area contributed by atoms with Crippen molar-refractivity contribution in [1.82, 2.24) is 15.6 Å². The number of nitrogens with one attached hydrogen (secondary N) is 2. The molecule has 0 fully saturated rings. The summed E-state index contributed by atoms with van der Waals surface area (Å²) in [5, 5.41) is 5.78. The first-order chi connectivity index (χ1) is 13.6. The molecule has 0 saturated heterocycles. The van der Waals surface area contributed by atoms with Gasteiger partial charge in [-0.2, -0.15) is 0 Å². The van der Waals surface area contributed by atoms with Crippen molar-refractivity contribution in [3.63, 3.8) is 0 Å². The van der Waals surface area contributed by atoms with E-state index in [1.807, 2.05) is 67.6 Å². The van der Waals surface area contributed by atoms with Crippen LogP contribution in [0.2, 0.25) is 0 Å². The number of rotatable bonds is 7. The summed E-state index contributed by atoms with van der Waals surface area (Å²) in [5.74, 6) is 1.88. The first-order valence-corrected chi connectivity index (χ1v) is 9.00. The van der Waals surface area contributed by atoms with E-state index in [1.165, 1.54) is 0 Å². The molecule has 6 heteroatoms. The van der Waals surface area contributed by atoms with Crippen LogP contribution in [-0.2, 0) is 6.54 Å². The maximum atomic E-state index is 12.2. The Labute approximate surface area is 164 Å². The summed E-state index contributed by atoms with van der Waals surface area (Å²) < 4.78 is 10.9. The highest BCUT2D eigenvalue weighted by molar-refractivity contribution is 5.74. The van der Waals surface area contributed by atoms with E-state index >= 15 is 0 Å². The molecule has 1 unspecified atom stereocenters. The molecule has 0 radical (unpaired) electrons. The monoisotopic (exact) mass is 377 g/mol. The standard InChI is InChI=1S/C22H23N3O3/c1-16(18-6-4-3-5-7-18)25-22(26)24-15-17-12-13-23-21(14-17)28-20-10-8-19(27-2)9-11-20/h3-14,16H,15H2,1-2H3,(H2,24,25,26). The zero-order valence-corrected chi connectivity index (χ0v) is 15.9. The molecule has 2 aromatic carbocycles. The second kappa shape index (κ2) is 9.41. The molecule has 0 bridgehead atoms. The maximum absolute atomic E-state index is 12.2. The molecule has 0 aliphatic carbocycles. The minimum Gasteiger partial charge on any atom is -0.497 e. The Morgan fingerprint density at radius 3 is 2.46 bits per heavy atom. The second-order valence-corrected chi connectivity index (χ2v) is 6.24. The topological polar surface area (TPSA) is 72.5 Å². The molecule has 2 amide bonds. The van der Waals surface area contributed by atoms with Gasteiger partial charge < -0.3 is 20.1 Å². The van der Waals surface area contributed by atoms with Gasteiger partial charge in [0, 0.05) is 18.8 Å². The number of aromatic nitrogens is 1. The van der Waals surface area contributed by atoms with Crippen LogP contribution < -0.4 is 20.1 Å². The normalized spacial score (nSPS) is 11.4. The number of ether oxygens (including phenoxy) is 2. The number of hydrogen-bond acceptors (Lipinski definition) is 4. The molecule has 144 valence electrons. The molecule has 1 atom stereocenters. The zero-order chi connectivity index (χ0) is 19.8. The summed E-state index contributed by atoms with van der Waals surface area (Å²) >= 11 is 0. The quantitative estimate of drug-likeness (QED) is 0.638. The van der Waals surface area contributed by atoms with Gasteiger partial charge in [0.05, 0.1) is 13.2 Å². The average molecular weight is 377 g/mol. The number of urea groups is 1. The van der Waals surface area contributed by atoms with Gasteiger partial charge in [-0.1, -0.05) is 30.3 Å². The van der Waals surface area contributed by atoms with E-state index in [4.69, 9.17) is 9.47 Å².